The molecule has 22 heavy (non-hydrogen) atoms. The zero-order valence-electron chi connectivity index (χ0n) is 13.0. The minimum atomic E-state index is -1.53. The molecule has 0 aromatic rings. The number of hydrogen-bond acceptors (Lipinski definition) is 5. The summed E-state index contributed by atoms with van der Waals surface area (Å²) >= 11 is 0. The highest BCUT2D eigenvalue weighted by molar-refractivity contribution is 6.15. The summed E-state index contributed by atoms with van der Waals surface area (Å²) in [5.41, 5.74) is -1.39. The molecular formula is C17H22O5. The number of rotatable bonds is 0. The van der Waals surface area contributed by atoms with E-state index in [1.807, 2.05) is 6.92 Å². The lowest BCUT2D eigenvalue weighted by Gasteiger charge is -2.46. The highest BCUT2D eigenvalue weighted by atomic mass is 16.5. The SMILES string of the molecule is CC1=C2CCC(C)(O)C2CC2(C1)C(=O)[C@@H]1C[C@@](O)(CO1)C2=O. The molecule has 5 nitrogen and oxygen atoms in total. The second-order valence-electron chi connectivity index (χ2n) is 7.91. The Morgan fingerprint density at radius 1 is 1.23 bits per heavy atom. The third-order valence-electron chi connectivity index (χ3n) is 6.41. The number of ether oxygens (including phenoxy) is 1. The third kappa shape index (κ3) is 1.59. The average Bonchev–Trinajstić information content (AvgIpc) is 2.97. The standard InChI is InChI=1S/C17H22O5/c1-9-5-16(6-11-10(9)3-4-15(11,2)20)13(18)12-7-17(21,8-22-12)14(16)19/h11-12,20-21H,3-8H2,1-2H3/t11?,12-,15?,16?,17+/m0/s1. The Labute approximate surface area is 129 Å². The van der Waals surface area contributed by atoms with Crippen molar-refractivity contribution < 1.29 is 24.5 Å². The molecule has 0 aromatic heterocycles. The molecule has 1 spiro atoms. The van der Waals surface area contributed by atoms with E-state index in [-0.39, 0.29) is 30.5 Å². The van der Waals surface area contributed by atoms with Gasteiger partial charge in [0.15, 0.2) is 11.6 Å². The van der Waals surface area contributed by atoms with Gasteiger partial charge in [0.2, 0.25) is 0 Å². The van der Waals surface area contributed by atoms with Gasteiger partial charge in [-0.05, 0) is 39.5 Å². The van der Waals surface area contributed by atoms with Gasteiger partial charge in [-0.25, -0.2) is 0 Å². The molecule has 5 atom stereocenters. The molecule has 0 amide bonds. The monoisotopic (exact) mass is 306 g/mol. The van der Waals surface area contributed by atoms with Crippen LogP contribution in [-0.2, 0) is 14.3 Å². The minimum absolute atomic E-state index is 0.0827. The molecule has 3 unspecified atom stereocenters. The van der Waals surface area contributed by atoms with Crippen LogP contribution in [-0.4, -0.2) is 45.7 Å². The number of hydrogen-bond donors (Lipinski definition) is 2. The predicted molar refractivity (Wildman–Crippen MR) is 77.0 cm³/mol. The number of allylic oxidation sites excluding steroid dienone is 1. The zero-order chi connectivity index (χ0) is 15.9. The van der Waals surface area contributed by atoms with E-state index in [1.54, 1.807) is 6.92 Å². The first-order valence-electron chi connectivity index (χ1n) is 8.04. The molecule has 120 valence electrons. The van der Waals surface area contributed by atoms with Crippen LogP contribution in [0, 0.1) is 11.3 Å². The van der Waals surface area contributed by atoms with Gasteiger partial charge in [0.1, 0.15) is 11.7 Å². The number of carbonyl (C=O) groups excluding carboxylic acids is 2. The molecule has 5 heteroatoms. The molecule has 2 bridgehead atoms. The van der Waals surface area contributed by atoms with Crippen molar-refractivity contribution in [2.24, 2.45) is 11.3 Å². The fourth-order valence-electron chi connectivity index (χ4n) is 5.17. The van der Waals surface area contributed by atoms with Crippen LogP contribution in [0.4, 0.5) is 0 Å². The van der Waals surface area contributed by atoms with Gasteiger partial charge in [0, 0.05) is 12.3 Å². The van der Waals surface area contributed by atoms with Gasteiger partial charge in [-0.3, -0.25) is 9.59 Å². The van der Waals surface area contributed by atoms with Crippen LogP contribution in [0.1, 0.15) is 46.0 Å². The average molecular weight is 306 g/mol. The van der Waals surface area contributed by atoms with E-state index < -0.39 is 22.7 Å². The van der Waals surface area contributed by atoms with E-state index >= 15 is 0 Å². The van der Waals surface area contributed by atoms with Gasteiger partial charge < -0.3 is 14.9 Å². The highest BCUT2D eigenvalue weighted by Crippen LogP contribution is 2.57. The lowest BCUT2D eigenvalue weighted by molar-refractivity contribution is -0.161. The van der Waals surface area contributed by atoms with E-state index in [1.165, 1.54) is 5.57 Å². The lowest BCUT2D eigenvalue weighted by atomic mass is 9.56. The molecule has 4 aliphatic rings. The third-order valence-corrected chi connectivity index (χ3v) is 6.41. The Kier molecular flexibility index (Phi) is 2.69. The molecule has 1 aliphatic heterocycles. The summed E-state index contributed by atoms with van der Waals surface area (Å²) in [4.78, 5) is 25.9. The van der Waals surface area contributed by atoms with Crippen molar-refractivity contribution in [3.8, 4) is 0 Å². The maximum Gasteiger partial charge on any atom is 0.180 e. The Balaban J connectivity index is 1.83. The molecule has 0 radical (unpaired) electrons. The van der Waals surface area contributed by atoms with Crippen LogP contribution < -0.4 is 0 Å². The van der Waals surface area contributed by atoms with Crippen LogP contribution in [0.5, 0.6) is 0 Å². The molecular weight excluding hydrogens is 284 g/mol. The fourth-order valence-corrected chi connectivity index (χ4v) is 5.17. The second-order valence-corrected chi connectivity index (χ2v) is 7.91. The summed E-state index contributed by atoms with van der Waals surface area (Å²) in [6, 6.07) is 0. The fraction of sp³-hybridized carbons (Fsp3) is 0.765. The maximum absolute atomic E-state index is 13.0. The van der Waals surface area contributed by atoms with Gasteiger partial charge in [-0.2, -0.15) is 0 Å². The summed E-state index contributed by atoms with van der Waals surface area (Å²) in [6.45, 7) is 3.65. The van der Waals surface area contributed by atoms with Crippen molar-refractivity contribution >= 4 is 11.6 Å². The molecule has 2 saturated carbocycles. The molecule has 1 saturated heterocycles. The first-order chi connectivity index (χ1) is 10.2. The second kappa shape index (κ2) is 4.08. The Morgan fingerprint density at radius 2 is 1.95 bits per heavy atom. The normalized spacial score (nSPS) is 50.9. The zero-order valence-corrected chi connectivity index (χ0v) is 13.0. The Bertz CT molecular complexity index is 619. The van der Waals surface area contributed by atoms with Crippen LogP contribution >= 0.6 is 0 Å². The Morgan fingerprint density at radius 3 is 2.68 bits per heavy atom. The van der Waals surface area contributed by atoms with Gasteiger partial charge >= 0.3 is 0 Å². The molecule has 4 rings (SSSR count). The summed E-state index contributed by atoms with van der Waals surface area (Å²) in [6.07, 6.45) is 1.58. The van der Waals surface area contributed by atoms with Crippen molar-refractivity contribution in [1.29, 1.82) is 0 Å². The van der Waals surface area contributed by atoms with Crippen LogP contribution in [0.25, 0.3) is 0 Å². The molecule has 2 N–H and O–H groups in total. The lowest BCUT2D eigenvalue weighted by Crippen LogP contribution is -2.60. The number of ketones is 2. The first-order valence-corrected chi connectivity index (χ1v) is 8.04. The summed E-state index contributed by atoms with van der Waals surface area (Å²) in [5, 5.41) is 21.2. The summed E-state index contributed by atoms with van der Waals surface area (Å²) in [5.74, 6) is -0.754. The van der Waals surface area contributed by atoms with E-state index in [0.29, 0.717) is 19.3 Å². The summed E-state index contributed by atoms with van der Waals surface area (Å²) < 4.78 is 5.39. The van der Waals surface area contributed by atoms with Crippen LogP contribution in [0.15, 0.2) is 11.1 Å². The largest absolute Gasteiger partial charge is 0.390 e. The van der Waals surface area contributed by atoms with E-state index in [0.717, 1.165) is 12.0 Å². The van der Waals surface area contributed by atoms with Gasteiger partial charge in [0.05, 0.1) is 17.6 Å². The quantitative estimate of drug-likeness (QED) is 0.513. The number of aliphatic hydroxyl groups is 2. The highest BCUT2D eigenvalue weighted by Gasteiger charge is 2.67. The smallest absolute Gasteiger partial charge is 0.180 e. The molecule has 0 aromatic carbocycles. The van der Waals surface area contributed by atoms with Crippen molar-refractivity contribution in [1.82, 2.24) is 0 Å². The molecule has 1 heterocycles. The van der Waals surface area contributed by atoms with E-state index in [4.69, 9.17) is 4.74 Å². The maximum atomic E-state index is 13.0. The molecule has 3 fully saturated rings. The van der Waals surface area contributed by atoms with Gasteiger partial charge in [-0.1, -0.05) is 11.1 Å². The van der Waals surface area contributed by atoms with Gasteiger partial charge in [0.25, 0.3) is 0 Å². The van der Waals surface area contributed by atoms with Crippen molar-refractivity contribution in [2.75, 3.05) is 6.61 Å². The number of carbonyl (C=O) groups is 2. The summed E-state index contributed by atoms with van der Waals surface area (Å²) in [7, 11) is 0. The van der Waals surface area contributed by atoms with Gasteiger partial charge in [-0.15, -0.1) is 0 Å². The van der Waals surface area contributed by atoms with Crippen LogP contribution in [0.2, 0.25) is 0 Å². The number of fused-ring (bicyclic) bond motifs is 3. The minimum Gasteiger partial charge on any atom is -0.390 e. The Hall–Kier alpha value is -1.04. The van der Waals surface area contributed by atoms with Crippen molar-refractivity contribution in [2.45, 2.75) is 63.3 Å². The predicted octanol–water partition coefficient (Wildman–Crippen LogP) is 0.916. The van der Waals surface area contributed by atoms with E-state index in [9.17, 15) is 19.8 Å². The topological polar surface area (TPSA) is 83.8 Å². The van der Waals surface area contributed by atoms with Crippen molar-refractivity contribution in [3.63, 3.8) is 0 Å². The van der Waals surface area contributed by atoms with Crippen molar-refractivity contribution in [3.05, 3.63) is 11.1 Å². The number of Topliss-reactive ketones (excluding diaryl/α,β-unsaturated/α-hetero) is 2. The van der Waals surface area contributed by atoms with Crippen LogP contribution in [0.3, 0.4) is 0 Å². The molecule has 3 aliphatic carbocycles. The first kappa shape index (κ1) is 14.5. The van der Waals surface area contributed by atoms with E-state index in [2.05, 4.69) is 0 Å².